The van der Waals surface area contributed by atoms with E-state index in [0.29, 0.717) is 13.2 Å². The van der Waals surface area contributed by atoms with E-state index in [1.807, 2.05) is 30.3 Å². The van der Waals surface area contributed by atoms with Crippen LogP contribution in [0.25, 0.3) is 0 Å². The van der Waals surface area contributed by atoms with Crippen LogP contribution in [0.4, 0.5) is 0 Å². The predicted molar refractivity (Wildman–Crippen MR) is 79.8 cm³/mol. The molecule has 1 saturated heterocycles. The highest BCUT2D eigenvalue weighted by Crippen LogP contribution is 2.27. The summed E-state index contributed by atoms with van der Waals surface area (Å²) in [6.45, 7) is 5.23. The summed E-state index contributed by atoms with van der Waals surface area (Å²) >= 11 is 0. The second kappa shape index (κ2) is 7.29. The van der Waals surface area contributed by atoms with Gasteiger partial charge in [0, 0.05) is 12.0 Å². The maximum absolute atomic E-state index is 12.2. The van der Waals surface area contributed by atoms with Crippen molar-refractivity contribution in [2.75, 3.05) is 26.2 Å². The Hall–Kier alpha value is -1.55. The Morgan fingerprint density at radius 1 is 1.30 bits per heavy atom. The molecule has 1 aromatic rings. The lowest BCUT2D eigenvalue weighted by atomic mass is 9.80. The van der Waals surface area contributed by atoms with Crippen LogP contribution in [0.2, 0.25) is 0 Å². The lowest BCUT2D eigenvalue weighted by Crippen LogP contribution is -2.46. The van der Waals surface area contributed by atoms with Crippen LogP contribution in [0.5, 0.6) is 5.75 Å². The molecule has 0 aliphatic carbocycles. The molecule has 0 aromatic heterocycles. The molecule has 1 fully saturated rings. The summed E-state index contributed by atoms with van der Waals surface area (Å²) < 4.78 is 5.60. The van der Waals surface area contributed by atoms with Gasteiger partial charge in [0.05, 0.1) is 6.61 Å². The van der Waals surface area contributed by atoms with Crippen molar-refractivity contribution in [2.24, 2.45) is 5.41 Å². The molecule has 0 spiro atoms. The van der Waals surface area contributed by atoms with Crippen molar-refractivity contribution < 1.29 is 9.53 Å². The number of nitrogens with one attached hydrogen (secondary N) is 2. The molecule has 1 aromatic carbocycles. The molecule has 20 heavy (non-hydrogen) atoms. The van der Waals surface area contributed by atoms with E-state index < -0.39 is 0 Å². The van der Waals surface area contributed by atoms with Gasteiger partial charge in [0.25, 0.3) is 0 Å². The topological polar surface area (TPSA) is 50.4 Å². The lowest BCUT2D eigenvalue weighted by Gasteiger charge is -2.32. The van der Waals surface area contributed by atoms with Gasteiger partial charge in [-0.15, -0.1) is 0 Å². The van der Waals surface area contributed by atoms with Gasteiger partial charge in [-0.3, -0.25) is 4.79 Å². The first kappa shape index (κ1) is 14.9. The van der Waals surface area contributed by atoms with E-state index in [9.17, 15) is 4.79 Å². The highest BCUT2D eigenvalue weighted by atomic mass is 16.5. The van der Waals surface area contributed by atoms with Crippen molar-refractivity contribution in [3.05, 3.63) is 30.3 Å². The number of carbonyl (C=O) groups excluding carboxylic acids is 1. The molecule has 1 heterocycles. The molecule has 2 N–H and O–H groups in total. The summed E-state index contributed by atoms with van der Waals surface area (Å²) in [4.78, 5) is 12.2. The smallest absolute Gasteiger partial charge is 0.226 e. The molecule has 1 aliphatic rings. The summed E-state index contributed by atoms with van der Waals surface area (Å²) in [7, 11) is 0. The summed E-state index contributed by atoms with van der Waals surface area (Å²) in [6, 6.07) is 9.75. The largest absolute Gasteiger partial charge is 0.494 e. The molecule has 110 valence electrons. The highest BCUT2D eigenvalue weighted by Gasteiger charge is 2.33. The lowest BCUT2D eigenvalue weighted by molar-refractivity contribution is -0.131. The highest BCUT2D eigenvalue weighted by molar-refractivity contribution is 5.82. The minimum absolute atomic E-state index is 0.179. The van der Waals surface area contributed by atoms with Crippen LogP contribution in [0.15, 0.2) is 30.3 Å². The monoisotopic (exact) mass is 276 g/mol. The molecular weight excluding hydrogens is 252 g/mol. The molecule has 0 radical (unpaired) electrons. The zero-order chi connectivity index (χ0) is 14.3. The van der Waals surface area contributed by atoms with Crippen LogP contribution in [-0.4, -0.2) is 32.1 Å². The molecule has 0 saturated carbocycles. The maximum Gasteiger partial charge on any atom is 0.226 e. The molecule has 0 unspecified atom stereocenters. The van der Waals surface area contributed by atoms with Crippen molar-refractivity contribution in [1.29, 1.82) is 0 Å². The molecule has 1 aliphatic heterocycles. The molecule has 1 amide bonds. The number of piperidine rings is 1. The van der Waals surface area contributed by atoms with Crippen molar-refractivity contribution in [2.45, 2.75) is 26.2 Å². The summed E-state index contributed by atoms with van der Waals surface area (Å²) in [6.07, 6.45) is 2.66. The van der Waals surface area contributed by atoms with Gasteiger partial charge in [0.1, 0.15) is 5.75 Å². The summed E-state index contributed by atoms with van der Waals surface area (Å²) in [5.41, 5.74) is -0.203. The number of para-hydroxylation sites is 1. The van der Waals surface area contributed by atoms with Gasteiger partial charge in [-0.25, -0.2) is 0 Å². The van der Waals surface area contributed by atoms with E-state index in [0.717, 1.165) is 38.1 Å². The zero-order valence-corrected chi connectivity index (χ0v) is 12.2. The molecule has 4 heteroatoms. The van der Waals surface area contributed by atoms with Crippen LogP contribution in [0.1, 0.15) is 26.2 Å². The molecule has 4 nitrogen and oxygen atoms in total. The van der Waals surface area contributed by atoms with Gasteiger partial charge >= 0.3 is 0 Å². The Morgan fingerprint density at radius 2 is 2.00 bits per heavy atom. The average Bonchev–Trinajstić information content (AvgIpc) is 2.48. The van der Waals surface area contributed by atoms with Crippen LogP contribution < -0.4 is 15.4 Å². The zero-order valence-electron chi connectivity index (χ0n) is 12.2. The van der Waals surface area contributed by atoms with E-state index in [1.165, 1.54) is 0 Å². The van der Waals surface area contributed by atoms with E-state index in [1.54, 1.807) is 0 Å². The van der Waals surface area contributed by atoms with Crippen molar-refractivity contribution in [3.8, 4) is 5.75 Å². The third-order valence-corrected chi connectivity index (χ3v) is 3.87. The first-order chi connectivity index (χ1) is 9.71. The molecular formula is C16H24N2O2. The number of benzene rings is 1. The Bertz CT molecular complexity index is 414. The first-order valence-corrected chi connectivity index (χ1v) is 7.38. The van der Waals surface area contributed by atoms with Gasteiger partial charge in [-0.2, -0.15) is 0 Å². The maximum atomic E-state index is 12.2. The fourth-order valence-electron chi connectivity index (χ4n) is 2.40. The van der Waals surface area contributed by atoms with Crippen LogP contribution in [0.3, 0.4) is 0 Å². The minimum atomic E-state index is -0.203. The number of amides is 1. The van der Waals surface area contributed by atoms with Crippen LogP contribution in [0, 0.1) is 5.41 Å². The summed E-state index contributed by atoms with van der Waals surface area (Å²) in [5, 5.41) is 6.32. The van der Waals surface area contributed by atoms with Crippen LogP contribution in [-0.2, 0) is 4.79 Å². The van der Waals surface area contributed by atoms with Gasteiger partial charge in [-0.05, 0) is 44.5 Å². The second-order valence-corrected chi connectivity index (χ2v) is 5.58. The van der Waals surface area contributed by atoms with Crippen molar-refractivity contribution in [1.82, 2.24) is 10.6 Å². The van der Waals surface area contributed by atoms with Gasteiger partial charge in [-0.1, -0.05) is 25.1 Å². The number of hydrogen-bond acceptors (Lipinski definition) is 3. The Kier molecular flexibility index (Phi) is 5.41. The van der Waals surface area contributed by atoms with E-state index in [4.69, 9.17) is 4.74 Å². The standard InChI is InChI=1S/C16H24N2O2/c1-16(8-11-17-12-9-16)15(19)18-10-5-13-20-14-6-3-2-4-7-14/h2-4,6-7,17H,5,8-13H2,1H3,(H,18,19). The second-order valence-electron chi connectivity index (χ2n) is 5.58. The van der Waals surface area contributed by atoms with E-state index in [2.05, 4.69) is 17.6 Å². The molecule has 0 atom stereocenters. The molecule has 2 rings (SSSR count). The molecule has 0 bridgehead atoms. The Balaban J connectivity index is 1.62. The average molecular weight is 276 g/mol. The van der Waals surface area contributed by atoms with Gasteiger partial charge in [0.15, 0.2) is 0 Å². The Labute approximate surface area is 120 Å². The van der Waals surface area contributed by atoms with Crippen molar-refractivity contribution >= 4 is 5.91 Å². The third-order valence-electron chi connectivity index (χ3n) is 3.87. The number of ether oxygens (including phenoxy) is 1. The summed E-state index contributed by atoms with van der Waals surface area (Å²) in [5.74, 6) is 1.06. The van der Waals surface area contributed by atoms with Crippen molar-refractivity contribution in [3.63, 3.8) is 0 Å². The SMILES string of the molecule is CC1(C(=O)NCCCOc2ccccc2)CCNCC1. The normalized spacial score (nSPS) is 17.4. The number of carbonyl (C=O) groups is 1. The van der Waals surface area contributed by atoms with E-state index >= 15 is 0 Å². The number of rotatable bonds is 6. The fourth-order valence-corrected chi connectivity index (χ4v) is 2.40. The van der Waals surface area contributed by atoms with E-state index in [-0.39, 0.29) is 11.3 Å². The quantitative estimate of drug-likeness (QED) is 0.781. The minimum Gasteiger partial charge on any atom is -0.494 e. The van der Waals surface area contributed by atoms with Crippen LogP contribution >= 0.6 is 0 Å². The first-order valence-electron chi connectivity index (χ1n) is 7.38. The van der Waals surface area contributed by atoms with Gasteiger partial charge < -0.3 is 15.4 Å². The van der Waals surface area contributed by atoms with Gasteiger partial charge in [0.2, 0.25) is 5.91 Å². The Morgan fingerprint density at radius 3 is 2.70 bits per heavy atom. The third kappa shape index (κ3) is 4.23. The predicted octanol–water partition coefficient (Wildman–Crippen LogP) is 1.96. The number of hydrogen-bond donors (Lipinski definition) is 2. The fraction of sp³-hybridized carbons (Fsp3) is 0.562.